The number of hydrogen-bond donors (Lipinski definition) is 2. The van der Waals surface area contributed by atoms with E-state index in [-0.39, 0.29) is 29.0 Å². The molecule has 0 saturated carbocycles. The highest BCUT2D eigenvalue weighted by molar-refractivity contribution is 6.00. The number of carbonyl (C=O) groups is 2. The molecule has 1 saturated heterocycles. The van der Waals surface area contributed by atoms with E-state index in [1.165, 1.54) is 7.11 Å². The van der Waals surface area contributed by atoms with Crippen LogP contribution in [0.3, 0.4) is 0 Å². The Kier molecular flexibility index (Phi) is 6.37. The average Bonchev–Trinajstić information content (AvgIpc) is 2.90. The first-order chi connectivity index (χ1) is 17.5. The maximum atomic E-state index is 13.3. The third-order valence-corrected chi connectivity index (χ3v) is 6.83. The molecule has 0 aliphatic carbocycles. The zero-order valence-electron chi connectivity index (χ0n) is 20.2. The molecule has 2 N–H and O–H groups in total. The number of carbonyl (C=O) groups excluding carboxylic acids is 2. The van der Waals surface area contributed by atoms with Crippen molar-refractivity contribution in [2.75, 3.05) is 37.9 Å². The van der Waals surface area contributed by atoms with Gasteiger partial charge in [0, 0.05) is 36.8 Å². The number of urea groups is 1. The molecule has 2 aliphatic rings. The summed E-state index contributed by atoms with van der Waals surface area (Å²) in [5.41, 5.74) is 1.98. The first-order valence-corrected chi connectivity index (χ1v) is 11.8. The minimum atomic E-state index is -0.524. The van der Waals surface area contributed by atoms with Crippen LogP contribution in [0.15, 0.2) is 65.5 Å². The fraction of sp³-hybridized carbons (Fsp3) is 0.296. The van der Waals surface area contributed by atoms with Crippen molar-refractivity contribution in [3.05, 3.63) is 82.3 Å². The molecule has 9 heteroatoms. The summed E-state index contributed by atoms with van der Waals surface area (Å²) >= 11 is 0. The van der Waals surface area contributed by atoms with E-state index < -0.39 is 6.03 Å². The number of ether oxygens (including phenoxy) is 2. The summed E-state index contributed by atoms with van der Waals surface area (Å²) in [6.45, 7) is 1.63. The summed E-state index contributed by atoms with van der Waals surface area (Å²) in [7, 11) is 3.12. The van der Waals surface area contributed by atoms with E-state index in [1.54, 1.807) is 66.3 Å². The van der Waals surface area contributed by atoms with E-state index >= 15 is 0 Å². The molecule has 1 fully saturated rings. The van der Waals surface area contributed by atoms with Crippen LogP contribution in [-0.4, -0.2) is 48.7 Å². The second kappa shape index (κ2) is 9.77. The van der Waals surface area contributed by atoms with Gasteiger partial charge in [-0.2, -0.15) is 0 Å². The Morgan fingerprint density at radius 1 is 0.861 bits per heavy atom. The molecule has 2 aromatic carbocycles. The molecule has 0 spiro atoms. The third-order valence-electron chi connectivity index (χ3n) is 6.83. The highest BCUT2D eigenvalue weighted by Crippen LogP contribution is 2.36. The normalized spacial score (nSPS) is 18.1. The lowest BCUT2D eigenvalue weighted by Gasteiger charge is -2.43. The molecule has 5 rings (SSSR count). The SMILES string of the molecule is COc1ccc(C(=O)N2C[C@H]3C[C@H](C2)c2ccc(NC(=O)Nc4ccccc4OC)c(=O)n2C3)cc1. The van der Waals surface area contributed by atoms with Crippen molar-refractivity contribution in [1.29, 1.82) is 0 Å². The molecule has 3 amide bonds. The largest absolute Gasteiger partial charge is 0.497 e. The number of piperidine rings is 1. The predicted octanol–water partition coefficient (Wildman–Crippen LogP) is 3.77. The van der Waals surface area contributed by atoms with Gasteiger partial charge in [-0.25, -0.2) is 4.79 Å². The summed E-state index contributed by atoms with van der Waals surface area (Å²) in [6, 6.07) is 17.2. The Morgan fingerprint density at radius 2 is 1.61 bits per heavy atom. The van der Waals surface area contributed by atoms with E-state index in [4.69, 9.17) is 9.47 Å². The maximum absolute atomic E-state index is 13.3. The highest BCUT2D eigenvalue weighted by Gasteiger charge is 2.37. The van der Waals surface area contributed by atoms with Crippen LogP contribution < -0.4 is 25.7 Å². The Balaban J connectivity index is 1.31. The van der Waals surface area contributed by atoms with Crippen LogP contribution in [-0.2, 0) is 6.54 Å². The number of nitrogens with one attached hydrogen (secondary N) is 2. The molecule has 2 atom stereocenters. The second-order valence-corrected chi connectivity index (χ2v) is 9.10. The zero-order chi connectivity index (χ0) is 25.2. The highest BCUT2D eigenvalue weighted by atomic mass is 16.5. The van der Waals surface area contributed by atoms with Crippen LogP contribution >= 0.6 is 0 Å². The number of hydrogen-bond acceptors (Lipinski definition) is 5. The number of likely N-dealkylation sites (tertiary alicyclic amines) is 1. The summed E-state index contributed by atoms with van der Waals surface area (Å²) in [5, 5.41) is 5.39. The van der Waals surface area contributed by atoms with Gasteiger partial charge in [-0.3, -0.25) is 9.59 Å². The standard InChI is InChI=1S/C27H28N4O5/c1-35-20-9-7-18(8-10-20)25(32)30-14-17-13-19(16-30)23-12-11-22(26(33)31(23)15-17)29-27(34)28-21-5-3-4-6-24(21)36-2/h3-12,17,19H,13-16H2,1-2H3,(H2,28,29,34)/t17-,19-/m1/s1. The number of benzene rings is 2. The van der Waals surface area contributed by atoms with Crippen LogP contribution in [0.2, 0.25) is 0 Å². The first kappa shape index (κ1) is 23.5. The number of pyridine rings is 1. The van der Waals surface area contributed by atoms with Gasteiger partial charge in [-0.05, 0) is 60.9 Å². The van der Waals surface area contributed by atoms with Gasteiger partial charge in [0.15, 0.2) is 0 Å². The molecule has 1 aromatic heterocycles. The van der Waals surface area contributed by atoms with Gasteiger partial charge in [-0.15, -0.1) is 0 Å². The van der Waals surface area contributed by atoms with E-state index in [2.05, 4.69) is 10.6 Å². The van der Waals surface area contributed by atoms with Gasteiger partial charge < -0.3 is 29.6 Å². The second-order valence-electron chi connectivity index (χ2n) is 9.10. The summed E-state index contributed by atoms with van der Waals surface area (Å²) < 4.78 is 12.2. The molecule has 0 unspecified atom stereocenters. The number of para-hydroxylation sites is 2. The molecule has 9 nitrogen and oxygen atoms in total. The molecular weight excluding hydrogens is 460 g/mol. The van der Waals surface area contributed by atoms with Crippen molar-refractivity contribution in [1.82, 2.24) is 9.47 Å². The lowest BCUT2D eigenvalue weighted by Crippen LogP contribution is -2.49. The van der Waals surface area contributed by atoms with Crippen LogP contribution in [0, 0.1) is 5.92 Å². The van der Waals surface area contributed by atoms with Crippen molar-refractivity contribution in [2.24, 2.45) is 5.92 Å². The van der Waals surface area contributed by atoms with Gasteiger partial charge in [-0.1, -0.05) is 12.1 Å². The van der Waals surface area contributed by atoms with E-state index in [0.717, 1.165) is 12.1 Å². The van der Waals surface area contributed by atoms with E-state index in [1.807, 2.05) is 11.0 Å². The number of fused-ring (bicyclic) bond motifs is 4. The predicted molar refractivity (Wildman–Crippen MR) is 136 cm³/mol. The van der Waals surface area contributed by atoms with Crippen molar-refractivity contribution >= 4 is 23.3 Å². The molecule has 0 radical (unpaired) electrons. The molecule has 3 heterocycles. The zero-order valence-corrected chi connectivity index (χ0v) is 20.2. The van der Waals surface area contributed by atoms with Gasteiger partial charge in [0.25, 0.3) is 11.5 Å². The Morgan fingerprint density at radius 3 is 2.36 bits per heavy atom. The maximum Gasteiger partial charge on any atom is 0.323 e. The van der Waals surface area contributed by atoms with Gasteiger partial charge >= 0.3 is 6.03 Å². The van der Waals surface area contributed by atoms with Gasteiger partial charge in [0.1, 0.15) is 17.2 Å². The molecule has 3 aromatic rings. The molecule has 36 heavy (non-hydrogen) atoms. The van der Waals surface area contributed by atoms with Crippen LogP contribution in [0.25, 0.3) is 0 Å². The summed E-state index contributed by atoms with van der Waals surface area (Å²) in [6.07, 6.45) is 0.924. The van der Waals surface area contributed by atoms with Crippen molar-refractivity contribution in [3.63, 3.8) is 0 Å². The average molecular weight is 489 g/mol. The number of aromatic nitrogens is 1. The summed E-state index contributed by atoms with van der Waals surface area (Å²) in [5.74, 6) is 1.43. The Labute approximate surface area is 208 Å². The third kappa shape index (κ3) is 4.51. The fourth-order valence-electron chi connectivity index (χ4n) is 5.15. The van der Waals surface area contributed by atoms with E-state index in [0.29, 0.717) is 42.4 Å². The van der Waals surface area contributed by atoms with Crippen molar-refractivity contribution < 1.29 is 19.1 Å². The Bertz CT molecular complexity index is 1350. The number of anilines is 2. The lowest BCUT2D eigenvalue weighted by atomic mass is 9.83. The number of amides is 3. The minimum Gasteiger partial charge on any atom is -0.497 e. The molecule has 2 aliphatic heterocycles. The fourth-order valence-corrected chi connectivity index (χ4v) is 5.15. The van der Waals surface area contributed by atoms with Crippen LogP contribution in [0.1, 0.15) is 28.4 Å². The summed E-state index contributed by atoms with van der Waals surface area (Å²) in [4.78, 5) is 40.8. The smallest absolute Gasteiger partial charge is 0.323 e. The monoisotopic (exact) mass is 488 g/mol. The number of nitrogens with zero attached hydrogens (tertiary/aromatic N) is 2. The van der Waals surface area contributed by atoms with Crippen molar-refractivity contribution in [3.8, 4) is 11.5 Å². The van der Waals surface area contributed by atoms with Gasteiger partial charge in [0.05, 0.1) is 19.9 Å². The topological polar surface area (TPSA) is 102 Å². The van der Waals surface area contributed by atoms with Crippen molar-refractivity contribution in [2.45, 2.75) is 18.9 Å². The minimum absolute atomic E-state index is 0.0190. The van der Waals surface area contributed by atoms with E-state index in [9.17, 15) is 14.4 Å². The lowest BCUT2D eigenvalue weighted by molar-refractivity contribution is 0.0594. The number of rotatable bonds is 5. The van der Waals surface area contributed by atoms with Crippen LogP contribution in [0.5, 0.6) is 11.5 Å². The molecular formula is C27H28N4O5. The Hall–Kier alpha value is -4.27. The first-order valence-electron chi connectivity index (χ1n) is 11.8. The molecule has 186 valence electrons. The quantitative estimate of drug-likeness (QED) is 0.569. The number of methoxy groups -OCH3 is 2. The molecule has 2 bridgehead atoms. The van der Waals surface area contributed by atoms with Crippen LogP contribution in [0.4, 0.5) is 16.2 Å². The van der Waals surface area contributed by atoms with Gasteiger partial charge in [0.2, 0.25) is 0 Å².